The first-order valence-electron chi connectivity index (χ1n) is 8.44. The maximum absolute atomic E-state index is 12.1. The van der Waals surface area contributed by atoms with Crippen LogP contribution in [0.2, 0.25) is 0 Å². The van der Waals surface area contributed by atoms with Gasteiger partial charge in [-0.25, -0.2) is 4.79 Å². The highest BCUT2D eigenvalue weighted by molar-refractivity contribution is 5.94. The molecule has 7 nitrogen and oxygen atoms in total. The van der Waals surface area contributed by atoms with Crippen molar-refractivity contribution in [3.8, 4) is 11.5 Å². The van der Waals surface area contributed by atoms with Gasteiger partial charge in [0.2, 0.25) is 0 Å². The molecular weight excluding hydrogens is 367 g/mol. The van der Waals surface area contributed by atoms with E-state index in [1.54, 1.807) is 31.7 Å². The second-order valence-corrected chi connectivity index (χ2v) is 6.23. The van der Waals surface area contributed by atoms with Gasteiger partial charge in [0.25, 0.3) is 5.91 Å². The number of ether oxygens (including phenoxy) is 2. The number of carbonyl (C=O) groups is 2. The van der Waals surface area contributed by atoms with Crippen molar-refractivity contribution in [1.82, 2.24) is 10.6 Å². The number of rotatable bonds is 6. The molecule has 1 heterocycles. The molecule has 2 atom stereocenters. The lowest BCUT2D eigenvalue weighted by atomic mass is 10.0. The molecule has 0 radical (unpaired) electrons. The molecule has 150 valence electrons. The lowest BCUT2D eigenvalue weighted by Crippen LogP contribution is -3.11. The summed E-state index contributed by atoms with van der Waals surface area (Å²) in [4.78, 5) is 24.4. The van der Waals surface area contributed by atoms with Crippen molar-refractivity contribution in [1.29, 1.82) is 0 Å². The van der Waals surface area contributed by atoms with E-state index < -0.39 is 24.7 Å². The summed E-state index contributed by atoms with van der Waals surface area (Å²) in [6, 6.07) is 4.21. The standard InChI is InChI=1S/C17H22F3N3O4/c1-26-11-5-6-14(27-2)12(8-11)13-4-3-7-23(13)9-15(24)22-16(25)21-10-17(18,19)20/h5-6,8,13H,3-4,7,9-10H2,1-2H3,(H2,21,22,24,25)/p+1/t13-/m1/s1. The van der Waals surface area contributed by atoms with Gasteiger partial charge in [0.15, 0.2) is 6.54 Å². The Kier molecular flexibility index (Phi) is 6.89. The molecule has 1 aromatic rings. The first-order valence-corrected chi connectivity index (χ1v) is 8.44. The van der Waals surface area contributed by atoms with Crippen LogP contribution in [0, 0.1) is 0 Å². The van der Waals surface area contributed by atoms with E-state index in [9.17, 15) is 22.8 Å². The highest BCUT2D eigenvalue weighted by Gasteiger charge is 2.34. The van der Waals surface area contributed by atoms with Gasteiger partial charge in [-0.2, -0.15) is 13.2 Å². The summed E-state index contributed by atoms with van der Waals surface area (Å²) in [7, 11) is 3.11. The maximum atomic E-state index is 12.1. The van der Waals surface area contributed by atoms with Gasteiger partial charge < -0.3 is 19.7 Å². The molecule has 0 aromatic heterocycles. The van der Waals surface area contributed by atoms with Gasteiger partial charge in [0, 0.05) is 12.8 Å². The number of methoxy groups -OCH3 is 2. The molecule has 0 aliphatic carbocycles. The van der Waals surface area contributed by atoms with Crippen LogP contribution in [0.4, 0.5) is 18.0 Å². The minimum atomic E-state index is -4.53. The number of quaternary nitrogens is 1. The molecule has 3 N–H and O–H groups in total. The van der Waals surface area contributed by atoms with E-state index in [-0.39, 0.29) is 12.6 Å². The molecular formula is C17H23F3N3O4+. The predicted molar refractivity (Wildman–Crippen MR) is 89.8 cm³/mol. The van der Waals surface area contributed by atoms with Crippen LogP contribution in [0.5, 0.6) is 11.5 Å². The van der Waals surface area contributed by atoms with E-state index in [0.29, 0.717) is 18.0 Å². The Bertz CT molecular complexity index is 682. The first-order chi connectivity index (χ1) is 12.7. The minimum Gasteiger partial charge on any atom is -0.497 e. The summed E-state index contributed by atoms with van der Waals surface area (Å²) in [5.41, 5.74) is 0.888. The highest BCUT2D eigenvalue weighted by Crippen LogP contribution is 2.31. The van der Waals surface area contributed by atoms with Gasteiger partial charge >= 0.3 is 12.2 Å². The van der Waals surface area contributed by atoms with Crippen molar-refractivity contribution in [2.45, 2.75) is 25.1 Å². The average molecular weight is 390 g/mol. The van der Waals surface area contributed by atoms with E-state index in [4.69, 9.17) is 9.47 Å². The van der Waals surface area contributed by atoms with Gasteiger partial charge in [0.1, 0.15) is 24.1 Å². The van der Waals surface area contributed by atoms with Gasteiger partial charge in [0.05, 0.1) is 26.3 Å². The zero-order valence-electron chi connectivity index (χ0n) is 15.1. The van der Waals surface area contributed by atoms with Crippen LogP contribution in [-0.4, -0.2) is 52.0 Å². The lowest BCUT2D eigenvalue weighted by molar-refractivity contribution is -0.910. The van der Waals surface area contributed by atoms with Crippen molar-refractivity contribution in [2.24, 2.45) is 0 Å². The summed E-state index contributed by atoms with van der Waals surface area (Å²) in [5.74, 6) is 0.690. The van der Waals surface area contributed by atoms with Crippen LogP contribution >= 0.6 is 0 Å². The largest absolute Gasteiger partial charge is 0.497 e. The number of hydrogen-bond acceptors (Lipinski definition) is 4. The number of halogens is 3. The minimum absolute atomic E-state index is 0.0372. The molecule has 0 saturated carbocycles. The zero-order valence-corrected chi connectivity index (χ0v) is 15.1. The Hall–Kier alpha value is -2.49. The fourth-order valence-electron chi connectivity index (χ4n) is 3.21. The van der Waals surface area contributed by atoms with Crippen molar-refractivity contribution in [3.05, 3.63) is 23.8 Å². The van der Waals surface area contributed by atoms with Crippen molar-refractivity contribution in [2.75, 3.05) is 33.9 Å². The molecule has 1 fully saturated rings. The van der Waals surface area contributed by atoms with Crippen LogP contribution < -0.4 is 25.0 Å². The van der Waals surface area contributed by atoms with E-state index in [0.717, 1.165) is 23.3 Å². The number of nitrogens with one attached hydrogen (secondary N) is 3. The van der Waals surface area contributed by atoms with Gasteiger partial charge in [-0.05, 0) is 18.2 Å². The third kappa shape index (κ3) is 6.02. The monoisotopic (exact) mass is 390 g/mol. The Labute approximate surface area is 154 Å². The fourth-order valence-corrected chi connectivity index (χ4v) is 3.21. The average Bonchev–Trinajstić information content (AvgIpc) is 3.06. The Morgan fingerprint density at radius 3 is 2.63 bits per heavy atom. The quantitative estimate of drug-likeness (QED) is 0.672. The molecule has 27 heavy (non-hydrogen) atoms. The number of urea groups is 1. The van der Waals surface area contributed by atoms with Gasteiger partial charge in [-0.1, -0.05) is 0 Å². The van der Waals surface area contributed by atoms with Crippen LogP contribution in [0.3, 0.4) is 0 Å². The highest BCUT2D eigenvalue weighted by atomic mass is 19.4. The molecule has 0 bridgehead atoms. The summed E-state index contributed by atoms with van der Waals surface area (Å²) in [5, 5.41) is 3.55. The number of benzene rings is 1. The van der Waals surface area contributed by atoms with Crippen LogP contribution in [0.15, 0.2) is 18.2 Å². The zero-order chi connectivity index (χ0) is 20.0. The lowest BCUT2D eigenvalue weighted by Gasteiger charge is -2.23. The molecule has 1 saturated heterocycles. The van der Waals surface area contributed by atoms with Gasteiger partial charge in [-0.15, -0.1) is 0 Å². The van der Waals surface area contributed by atoms with E-state index in [2.05, 4.69) is 0 Å². The molecule has 1 unspecified atom stereocenters. The fraction of sp³-hybridized carbons (Fsp3) is 0.529. The number of imide groups is 1. The van der Waals surface area contributed by atoms with E-state index >= 15 is 0 Å². The second-order valence-electron chi connectivity index (χ2n) is 6.23. The normalized spacial score (nSPS) is 19.4. The molecule has 0 spiro atoms. The maximum Gasteiger partial charge on any atom is 0.405 e. The van der Waals surface area contributed by atoms with E-state index in [1.165, 1.54) is 0 Å². The van der Waals surface area contributed by atoms with E-state index in [1.807, 2.05) is 11.4 Å². The SMILES string of the molecule is COc1ccc(OC)c([C@H]2CCC[NH+]2CC(=O)NC(=O)NCC(F)(F)F)c1. The second kappa shape index (κ2) is 8.94. The molecule has 10 heteroatoms. The van der Waals surface area contributed by atoms with Crippen LogP contribution in [0.25, 0.3) is 0 Å². The molecule has 1 aromatic carbocycles. The van der Waals surface area contributed by atoms with Crippen molar-refractivity contribution < 1.29 is 37.1 Å². The number of hydrogen-bond donors (Lipinski definition) is 3. The third-order valence-corrected chi connectivity index (χ3v) is 4.39. The molecule has 1 aliphatic heterocycles. The summed E-state index contributed by atoms with van der Waals surface area (Å²) in [6.45, 7) is -0.834. The summed E-state index contributed by atoms with van der Waals surface area (Å²) in [6.07, 6.45) is -2.85. The smallest absolute Gasteiger partial charge is 0.405 e. The Balaban J connectivity index is 2.00. The number of carbonyl (C=O) groups excluding carboxylic acids is 2. The van der Waals surface area contributed by atoms with Crippen molar-refractivity contribution in [3.63, 3.8) is 0 Å². The number of alkyl halides is 3. The third-order valence-electron chi connectivity index (χ3n) is 4.39. The topological polar surface area (TPSA) is 81.1 Å². The number of amides is 3. The number of likely N-dealkylation sites (tertiary alicyclic amines) is 1. The molecule has 1 aliphatic rings. The van der Waals surface area contributed by atoms with Crippen LogP contribution in [-0.2, 0) is 4.79 Å². The van der Waals surface area contributed by atoms with Crippen LogP contribution in [0.1, 0.15) is 24.4 Å². The van der Waals surface area contributed by atoms with Gasteiger partial charge in [-0.3, -0.25) is 10.1 Å². The van der Waals surface area contributed by atoms with Crippen molar-refractivity contribution >= 4 is 11.9 Å². The first kappa shape index (κ1) is 20.8. The molecule has 2 rings (SSSR count). The molecule has 3 amide bonds. The predicted octanol–water partition coefficient (Wildman–Crippen LogP) is 0.812. The summed E-state index contributed by atoms with van der Waals surface area (Å²) >= 11 is 0. The Morgan fingerprint density at radius 2 is 2.00 bits per heavy atom. The Morgan fingerprint density at radius 1 is 1.26 bits per heavy atom. The summed E-state index contributed by atoms with van der Waals surface area (Å²) < 4.78 is 46.9.